The minimum absolute atomic E-state index is 0.0239. The highest BCUT2D eigenvalue weighted by atomic mass is 16.2. The zero-order valence-electron chi connectivity index (χ0n) is 18.9. The standard InChI is InChI=1S/C25H35NO2/c1-23(2,3)16-12-15-13-18(25(7,8)9)22(26-19(27)10-11-20(26)28)21(15)17(14-16)24(4,5)6/h10-12,14,18,22H,13H2,1-9H3/t18-,22+/m1/s1. The third-order valence-corrected chi connectivity index (χ3v) is 6.29. The summed E-state index contributed by atoms with van der Waals surface area (Å²) in [6.45, 7) is 20.1. The van der Waals surface area contributed by atoms with Gasteiger partial charge in [-0.1, -0.05) is 74.4 Å². The number of amides is 2. The molecule has 0 fully saturated rings. The monoisotopic (exact) mass is 381 g/mol. The van der Waals surface area contributed by atoms with Crippen LogP contribution in [0.3, 0.4) is 0 Å². The minimum Gasteiger partial charge on any atom is -0.269 e. The molecule has 0 bridgehead atoms. The summed E-state index contributed by atoms with van der Waals surface area (Å²) in [5, 5.41) is 0. The Balaban J connectivity index is 2.30. The van der Waals surface area contributed by atoms with Crippen molar-refractivity contribution in [3.05, 3.63) is 46.5 Å². The Kier molecular flexibility index (Phi) is 4.69. The summed E-state index contributed by atoms with van der Waals surface area (Å²) < 4.78 is 0. The molecule has 0 aromatic heterocycles. The maximum absolute atomic E-state index is 12.7. The lowest BCUT2D eigenvalue weighted by Crippen LogP contribution is -2.41. The Morgan fingerprint density at radius 1 is 0.821 bits per heavy atom. The first kappa shape index (κ1) is 20.8. The van der Waals surface area contributed by atoms with Gasteiger partial charge < -0.3 is 0 Å². The SMILES string of the molecule is CC(C)(C)c1cc2c(c(C(C)(C)C)c1)[C@@H](N1C(=O)C=CC1=O)[C@H](C(C)(C)C)C2. The van der Waals surface area contributed by atoms with Crippen LogP contribution < -0.4 is 0 Å². The Morgan fingerprint density at radius 3 is 1.79 bits per heavy atom. The molecular weight excluding hydrogens is 346 g/mol. The number of carbonyl (C=O) groups excluding carboxylic acids is 2. The average molecular weight is 382 g/mol. The van der Waals surface area contributed by atoms with E-state index in [0.29, 0.717) is 0 Å². The molecule has 0 saturated carbocycles. The van der Waals surface area contributed by atoms with Crippen LogP contribution in [0.4, 0.5) is 0 Å². The first-order valence-electron chi connectivity index (χ1n) is 10.4. The number of hydrogen-bond acceptors (Lipinski definition) is 2. The Labute approximate surface area is 170 Å². The molecule has 1 aliphatic heterocycles. The molecule has 0 radical (unpaired) electrons. The van der Waals surface area contributed by atoms with Gasteiger partial charge in [-0.25, -0.2) is 0 Å². The summed E-state index contributed by atoms with van der Waals surface area (Å²) >= 11 is 0. The number of hydrogen-bond donors (Lipinski definition) is 0. The number of carbonyl (C=O) groups is 2. The molecule has 3 nitrogen and oxygen atoms in total. The van der Waals surface area contributed by atoms with E-state index >= 15 is 0 Å². The highest BCUT2D eigenvalue weighted by molar-refractivity contribution is 6.13. The highest BCUT2D eigenvalue weighted by Gasteiger charge is 2.48. The molecule has 1 heterocycles. The lowest BCUT2D eigenvalue weighted by Gasteiger charge is -2.38. The van der Waals surface area contributed by atoms with E-state index in [4.69, 9.17) is 0 Å². The third kappa shape index (κ3) is 3.44. The second-order valence-electron chi connectivity index (χ2n) is 11.6. The minimum atomic E-state index is -0.201. The molecule has 0 saturated heterocycles. The van der Waals surface area contributed by atoms with Crippen LogP contribution in [0, 0.1) is 11.3 Å². The van der Waals surface area contributed by atoms with E-state index in [9.17, 15) is 9.59 Å². The Hall–Kier alpha value is -1.90. The van der Waals surface area contributed by atoms with Gasteiger partial charge in [0.1, 0.15) is 0 Å². The topological polar surface area (TPSA) is 37.4 Å². The summed E-state index contributed by atoms with van der Waals surface area (Å²) in [5.74, 6) is -0.166. The van der Waals surface area contributed by atoms with Gasteiger partial charge in [0.25, 0.3) is 11.8 Å². The van der Waals surface area contributed by atoms with E-state index in [1.165, 1.54) is 39.3 Å². The fourth-order valence-electron chi connectivity index (χ4n) is 4.61. The van der Waals surface area contributed by atoms with Crippen molar-refractivity contribution in [1.29, 1.82) is 0 Å². The summed E-state index contributed by atoms with van der Waals surface area (Å²) in [6, 6.07) is 4.44. The largest absolute Gasteiger partial charge is 0.269 e. The molecule has 0 spiro atoms. The van der Waals surface area contributed by atoms with E-state index in [1.54, 1.807) is 0 Å². The van der Waals surface area contributed by atoms with E-state index in [-0.39, 0.29) is 40.0 Å². The number of nitrogens with zero attached hydrogens (tertiary/aromatic N) is 1. The zero-order valence-corrected chi connectivity index (χ0v) is 18.9. The van der Waals surface area contributed by atoms with Gasteiger partial charge in [0.2, 0.25) is 0 Å². The van der Waals surface area contributed by atoms with Crippen LogP contribution in [0.2, 0.25) is 0 Å². The first-order valence-corrected chi connectivity index (χ1v) is 10.4. The number of fused-ring (bicyclic) bond motifs is 1. The molecule has 1 aromatic rings. The van der Waals surface area contributed by atoms with Crippen molar-refractivity contribution in [2.45, 2.75) is 85.6 Å². The van der Waals surface area contributed by atoms with Crippen LogP contribution in [0.25, 0.3) is 0 Å². The van der Waals surface area contributed by atoms with Crippen LogP contribution in [0.15, 0.2) is 24.3 Å². The van der Waals surface area contributed by atoms with E-state index in [2.05, 4.69) is 74.4 Å². The second kappa shape index (κ2) is 6.30. The fraction of sp³-hybridized carbons (Fsp3) is 0.600. The van der Waals surface area contributed by atoms with Gasteiger partial charge in [0, 0.05) is 12.2 Å². The van der Waals surface area contributed by atoms with Crippen molar-refractivity contribution in [1.82, 2.24) is 4.90 Å². The average Bonchev–Trinajstić information content (AvgIpc) is 3.04. The van der Waals surface area contributed by atoms with Gasteiger partial charge in [-0.2, -0.15) is 0 Å². The molecule has 3 rings (SSSR count). The second-order valence-corrected chi connectivity index (χ2v) is 11.6. The predicted molar refractivity (Wildman–Crippen MR) is 114 cm³/mol. The predicted octanol–water partition coefficient (Wildman–Crippen LogP) is 5.47. The van der Waals surface area contributed by atoms with Crippen LogP contribution in [0.1, 0.15) is 90.6 Å². The molecule has 2 atom stereocenters. The van der Waals surface area contributed by atoms with Crippen molar-refractivity contribution in [3.8, 4) is 0 Å². The first-order chi connectivity index (χ1) is 12.6. The van der Waals surface area contributed by atoms with Crippen LogP contribution in [-0.2, 0) is 26.8 Å². The van der Waals surface area contributed by atoms with Crippen molar-refractivity contribution in [2.24, 2.45) is 11.3 Å². The molecule has 28 heavy (non-hydrogen) atoms. The van der Waals surface area contributed by atoms with Gasteiger partial charge in [-0.3, -0.25) is 14.5 Å². The van der Waals surface area contributed by atoms with E-state index < -0.39 is 0 Å². The molecule has 152 valence electrons. The van der Waals surface area contributed by atoms with Gasteiger partial charge in [0.15, 0.2) is 0 Å². The normalized spacial score (nSPS) is 23.0. The summed E-state index contributed by atoms with van der Waals surface area (Å²) in [6.07, 6.45) is 3.73. The summed E-state index contributed by atoms with van der Waals surface area (Å²) in [5.41, 5.74) is 5.03. The maximum atomic E-state index is 12.7. The lowest BCUT2D eigenvalue weighted by molar-refractivity contribution is -0.141. The van der Waals surface area contributed by atoms with Crippen molar-refractivity contribution in [2.75, 3.05) is 0 Å². The zero-order chi connectivity index (χ0) is 21.2. The molecule has 1 aromatic carbocycles. The molecule has 3 heteroatoms. The smallest absolute Gasteiger partial charge is 0.254 e. The lowest BCUT2D eigenvalue weighted by atomic mass is 9.74. The van der Waals surface area contributed by atoms with Crippen molar-refractivity contribution < 1.29 is 9.59 Å². The van der Waals surface area contributed by atoms with Gasteiger partial charge in [-0.15, -0.1) is 0 Å². The van der Waals surface area contributed by atoms with Gasteiger partial charge in [0.05, 0.1) is 6.04 Å². The van der Waals surface area contributed by atoms with Crippen LogP contribution in [-0.4, -0.2) is 16.7 Å². The molecule has 0 unspecified atom stereocenters. The Bertz CT molecular complexity index is 838. The maximum Gasteiger partial charge on any atom is 0.254 e. The third-order valence-electron chi connectivity index (χ3n) is 6.29. The number of benzene rings is 1. The van der Waals surface area contributed by atoms with Crippen molar-refractivity contribution in [3.63, 3.8) is 0 Å². The molecule has 1 aliphatic carbocycles. The number of rotatable bonds is 1. The summed E-state index contributed by atoms with van der Waals surface area (Å²) in [7, 11) is 0. The van der Waals surface area contributed by atoms with Crippen molar-refractivity contribution >= 4 is 11.8 Å². The highest BCUT2D eigenvalue weighted by Crippen LogP contribution is 2.52. The molecular formula is C25H35NO2. The van der Waals surface area contributed by atoms with Crippen LogP contribution in [0.5, 0.6) is 0 Å². The molecule has 0 N–H and O–H groups in total. The fourth-order valence-corrected chi connectivity index (χ4v) is 4.61. The molecule has 2 aliphatic rings. The van der Waals surface area contributed by atoms with E-state index in [1.807, 2.05) is 0 Å². The Morgan fingerprint density at radius 2 is 1.36 bits per heavy atom. The van der Waals surface area contributed by atoms with Crippen LogP contribution >= 0.6 is 0 Å². The number of imide groups is 1. The molecule has 2 amide bonds. The van der Waals surface area contributed by atoms with E-state index in [0.717, 1.165) is 6.42 Å². The summed E-state index contributed by atoms with van der Waals surface area (Å²) in [4.78, 5) is 26.8. The van der Waals surface area contributed by atoms with Gasteiger partial charge in [-0.05, 0) is 50.8 Å². The van der Waals surface area contributed by atoms with Gasteiger partial charge >= 0.3 is 0 Å². The quantitative estimate of drug-likeness (QED) is 0.605.